The van der Waals surface area contributed by atoms with Crippen LogP contribution in [0.3, 0.4) is 0 Å². The van der Waals surface area contributed by atoms with Gasteiger partial charge in [-0.15, -0.1) is 0 Å². The van der Waals surface area contributed by atoms with Crippen molar-refractivity contribution in [2.24, 2.45) is 0 Å². The van der Waals surface area contributed by atoms with Crippen LogP contribution in [0.1, 0.15) is 0 Å². The van der Waals surface area contributed by atoms with Crippen molar-refractivity contribution in [3.63, 3.8) is 0 Å². The summed E-state index contributed by atoms with van der Waals surface area (Å²) in [5.74, 6) is 0. The fourth-order valence-corrected chi connectivity index (χ4v) is 50.6. The summed E-state index contributed by atoms with van der Waals surface area (Å²) in [7, 11) is -2.38. The van der Waals surface area contributed by atoms with Crippen LogP contribution in [-0.2, 0) is 0 Å². The summed E-state index contributed by atoms with van der Waals surface area (Å²) in [6.45, 7) is 23.2. The molecule has 0 radical (unpaired) electrons. The van der Waals surface area contributed by atoms with Gasteiger partial charge < -0.3 is 0 Å². The van der Waals surface area contributed by atoms with E-state index in [0.717, 1.165) is 0 Å². The Balaban J connectivity index is 4.53. The van der Waals surface area contributed by atoms with Gasteiger partial charge in [0.2, 0.25) is 0 Å². The van der Waals surface area contributed by atoms with Gasteiger partial charge >= 0.3 is 115 Å². The zero-order valence-corrected chi connectivity index (χ0v) is 18.6. The first-order chi connectivity index (χ1) is 6.79. The average Bonchev–Trinajstić information content (AvgIpc) is 1.70. The quantitative estimate of drug-likeness (QED) is 0.559. The van der Waals surface area contributed by atoms with E-state index in [1.807, 2.05) is 0 Å². The van der Waals surface area contributed by atoms with Gasteiger partial charge in [-0.25, -0.2) is 0 Å². The molecule has 0 saturated carbocycles. The van der Waals surface area contributed by atoms with Gasteiger partial charge in [0.25, 0.3) is 0 Å². The molecule has 16 heavy (non-hydrogen) atoms. The summed E-state index contributed by atoms with van der Waals surface area (Å²) in [6, 6.07) is 0. The first-order valence-electron chi connectivity index (χ1n) is 6.51. The summed E-state index contributed by atoms with van der Waals surface area (Å²) >= 11 is -0.894. The average molecular weight is 383 g/mol. The van der Waals surface area contributed by atoms with Gasteiger partial charge in [-0.3, -0.25) is 0 Å². The monoisotopic (exact) mass is 382 g/mol. The van der Waals surface area contributed by atoms with Crippen LogP contribution in [0.15, 0.2) is 0 Å². The van der Waals surface area contributed by atoms with E-state index in [0.29, 0.717) is 0 Å². The Kier molecular flexibility index (Phi) is 6.63. The van der Waals surface area contributed by atoms with E-state index in [9.17, 15) is 0 Å². The van der Waals surface area contributed by atoms with Crippen molar-refractivity contribution >= 4 is 44.4 Å². The zero-order chi connectivity index (χ0) is 13.2. The Hall–Kier alpha value is 1.47. The van der Waals surface area contributed by atoms with Crippen molar-refractivity contribution in [3.05, 3.63) is 0 Å². The van der Waals surface area contributed by atoms with Crippen molar-refractivity contribution in [1.82, 2.24) is 0 Å². The molecule has 0 heterocycles. The predicted octanol–water partition coefficient (Wildman–Crippen LogP) is 5.11. The summed E-state index contributed by atoms with van der Waals surface area (Å²) in [4.78, 5) is 0. The predicted molar refractivity (Wildman–Crippen MR) is 90.2 cm³/mol. The Bertz CT molecular complexity index is 170. The van der Waals surface area contributed by atoms with Gasteiger partial charge in [-0.2, -0.15) is 0 Å². The second kappa shape index (κ2) is 6.08. The summed E-state index contributed by atoms with van der Waals surface area (Å²) < 4.78 is 5.22. The maximum absolute atomic E-state index is 2.58. The molecule has 0 fully saturated rings. The van der Waals surface area contributed by atoms with Gasteiger partial charge in [0.05, 0.1) is 0 Å². The molecule has 0 aliphatic rings. The minimum absolute atomic E-state index is 0.794. The van der Waals surface area contributed by atoms with Crippen molar-refractivity contribution < 1.29 is 0 Å². The second-order valence-corrected chi connectivity index (χ2v) is 37.1. The maximum atomic E-state index is 2.58. The molecule has 0 spiro atoms. The molecule has 0 aliphatic carbocycles. The molecule has 0 rings (SSSR count). The first-order valence-corrected chi connectivity index (χ1v) is 23.0. The van der Waals surface area contributed by atoms with Crippen molar-refractivity contribution in [1.29, 1.82) is 0 Å². The SMILES string of the molecule is C[Si](C)(C)[CH2][Sb]([CH2][Si](C)(C)C)[CH2][Si](C)(C)C. The van der Waals surface area contributed by atoms with Gasteiger partial charge in [0.15, 0.2) is 0 Å². The molecule has 0 unspecified atom stereocenters. The molecule has 0 N–H and O–H groups in total. The third kappa shape index (κ3) is 11.9. The molecule has 4 heteroatoms. The minimum atomic E-state index is -0.894. The zero-order valence-electron chi connectivity index (χ0n) is 13.1. The van der Waals surface area contributed by atoms with Gasteiger partial charge in [0.1, 0.15) is 0 Å². The fraction of sp³-hybridized carbons (Fsp3) is 1.00. The van der Waals surface area contributed by atoms with E-state index in [1.165, 1.54) is 0 Å². The normalized spacial score (nSPS) is 14.6. The molecular weight excluding hydrogens is 350 g/mol. The van der Waals surface area contributed by atoms with Crippen molar-refractivity contribution in [2.75, 3.05) is 0 Å². The van der Waals surface area contributed by atoms with E-state index in [4.69, 9.17) is 0 Å². The van der Waals surface area contributed by atoms with Crippen molar-refractivity contribution in [2.45, 2.75) is 70.9 Å². The van der Waals surface area contributed by atoms with E-state index < -0.39 is 44.4 Å². The van der Waals surface area contributed by atoms with Crippen LogP contribution < -0.4 is 0 Å². The molecule has 0 aromatic heterocycles. The Morgan fingerprint density at radius 1 is 0.500 bits per heavy atom. The molecule has 98 valence electrons. The molecule has 0 aromatic carbocycles. The third-order valence-electron chi connectivity index (χ3n) is 2.09. The molecule has 0 aliphatic heterocycles. The fourth-order valence-electron chi connectivity index (χ4n) is 2.18. The van der Waals surface area contributed by atoms with E-state index >= 15 is 0 Å². The number of hydrogen-bond donors (Lipinski definition) is 0. The van der Waals surface area contributed by atoms with Crippen molar-refractivity contribution in [3.8, 4) is 0 Å². The van der Waals surface area contributed by atoms with Crippen LogP contribution >= 0.6 is 0 Å². The Labute approximate surface area is 115 Å². The molecule has 0 saturated heterocycles. The number of hydrogen-bond acceptors (Lipinski definition) is 0. The van der Waals surface area contributed by atoms with Crippen LogP contribution in [0.5, 0.6) is 0 Å². The van der Waals surface area contributed by atoms with Gasteiger partial charge in [-0.05, 0) is 0 Å². The third-order valence-corrected chi connectivity index (χ3v) is 42.1. The van der Waals surface area contributed by atoms with Gasteiger partial charge in [-0.1, -0.05) is 0 Å². The first kappa shape index (κ1) is 17.5. The standard InChI is InChI=1S/3C4H11Si.Sb/c3*1-5(2,3)4;/h3*1H2,2-4H3;. The second-order valence-electron chi connectivity index (χ2n) is 8.83. The van der Waals surface area contributed by atoms with E-state index in [2.05, 4.69) is 58.9 Å². The molecule has 0 amide bonds. The Morgan fingerprint density at radius 2 is 0.688 bits per heavy atom. The Morgan fingerprint density at radius 3 is 0.812 bits per heavy atom. The topological polar surface area (TPSA) is 0 Å². The van der Waals surface area contributed by atoms with Crippen LogP contribution in [0, 0.1) is 0 Å². The van der Waals surface area contributed by atoms with E-state index in [-0.39, 0.29) is 0 Å². The summed E-state index contributed by atoms with van der Waals surface area (Å²) in [5.41, 5.74) is 0. The van der Waals surface area contributed by atoms with E-state index in [1.54, 1.807) is 12.0 Å². The number of rotatable bonds is 6. The van der Waals surface area contributed by atoms with Crippen LogP contribution in [-0.4, -0.2) is 44.4 Å². The molecule has 0 aromatic rings. The molecule has 0 bridgehead atoms. The molecule has 0 nitrogen and oxygen atoms in total. The summed E-state index contributed by atoms with van der Waals surface area (Å²) in [6.07, 6.45) is 0. The molecular formula is C12H33SbSi3. The molecule has 0 atom stereocenters. The van der Waals surface area contributed by atoms with Crippen LogP contribution in [0.2, 0.25) is 70.9 Å². The van der Waals surface area contributed by atoms with Crippen LogP contribution in [0.4, 0.5) is 0 Å². The summed E-state index contributed by atoms with van der Waals surface area (Å²) in [5, 5.41) is 0. The van der Waals surface area contributed by atoms with Gasteiger partial charge in [0, 0.05) is 0 Å². The van der Waals surface area contributed by atoms with Crippen LogP contribution in [0.25, 0.3) is 0 Å².